The minimum atomic E-state index is -3.11. The van der Waals surface area contributed by atoms with Gasteiger partial charge in [-0.2, -0.15) is 0 Å². The van der Waals surface area contributed by atoms with Crippen LogP contribution in [-0.4, -0.2) is 14.7 Å². The van der Waals surface area contributed by atoms with Crippen LogP contribution in [0.15, 0.2) is 23.9 Å². The molecule has 0 spiro atoms. The summed E-state index contributed by atoms with van der Waals surface area (Å²) in [6.45, 7) is 0. The first-order chi connectivity index (χ1) is 5.08. The van der Waals surface area contributed by atoms with Crippen molar-refractivity contribution in [1.82, 2.24) is 4.72 Å². The predicted octanol–water partition coefficient (Wildman–Crippen LogP) is 0.584. The summed E-state index contributed by atoms with van der Waals surface area (Å²) < 4.78 is 23.8. The van der Waals surface area contributed by atoms with Gasteiger partial charge in [0.25, 0.3) is 0 Å². The van der Waals surface area contributed by atoms with E-state index in [1.165, 1.54) is 0 Å². The maximum atomic E-state index is 10.7. The van der Waals surface area contributed by atoms with Crippen molar-refractivity contribution in [3.05, 3.63) is 30.3 Å². The maximum absolute atomic E-state index is 10.7. The van der Waals surface area contributed by atoms with E-state index in [-0.39, 0.29) is 0 Å². The van der Waals surface area contributed by atoms with Crippen LogP contribution >= 0.6 is 0 Å². The largest absolute Gasteiger partial charge is 0.287 e. The number of nitrogens with one attached hydrogen (secondary N) is 1. The first-order valence-electron chi connectivity index (χ1n) is 3.26. The van der Waals surface area contributed by atoms with Crippen LogP contribution in [0, 0.1) is 6.42 Å². The standard InChI is InChI=1S/C7H10NO2S/c1-11(9,10)8-7-5-3-2-4-6-7/h2-3,5-6,8H,4H2,1H3. The first-order valence-corrected chi connectivity index (χ1v) is 5.15. The summed E-state index contributed by atoms with van der Waals surface area (Å²) in [4.78, 5) is 0. The number of hydrogen-bond donors (Lipinski definition) is 1. The molecule has 0 bridgehead atoms. The Labute approximate surface area is 66.9 Å². The maximum Gasteiger partial charge on any atom is 0.229 e. The summed E-state index contributed by atoms with van der Waals surface area (Å²) >= 11 is 0. The molecule has 0 amide bonds. The number of allylic oxidation sites excluding steroid dienone is 4. The molecule has 1 N–H and O–H groups in total. The fourth-order valence-electron chi connectivity index (χ4n) is 0.803. The molecular formula is C7H10NO2S. The Hall–Kier alpha value is -0.770. The van der Waals surface area contributed by atoms with Crippen molar-refractivity contribution in [3.63, 3.8) is 0 Å². The van der Waals surface area contributed by atoms with Gasteiger partial charge in [-0.15, -0.1) is 0 Å². The van der Waals surface area contributed by atoms with Gasteiger partial charge >= 0.3 is 0 Å². The van der Waals surface area contributed by atoms with Gasteiger partial charge < -0.3 is 0 Å². The molecule has 1 radical (unpaired) electrons. The van der Waals surface area contributed by atoms with Gasteiger partial charge in [-0.25, -0.2) is 8.42 Å². The van der Waals surface area contributed by atoms with Crippen LogP contribution in [0.2, 0.25) is 0 Å². The lowest BCUT2D eigenvalue weighted by molar-refractivity contribution is 0.594. The van der Waals surface area contributed by atoms with E-state index in [2.05, 4.69) is 4.72 Å². The van der Waals surface area contributed by atoms with Crippen molar-refractivity contribution in [1.29, 1.82) is 0 Å². The Morgan fingerprint density at radius 1 is 1.55 bits per heavy atom. The van der Waals surface area contributed by atoms with Crippen molar-refractivity contribution in [3.8, 4) is 0 Å². The van der Waals surface area contributed by atoms with E-state index < -0.39 is 10.0 Å². The van der Waals surface area contributed by atoms with Gasteiger partial charge in [0.15, 0.2) is 0 Å². The molecule has 1 aliphatic carbocycles. The first kappa shape index (κ1) is 8.33. The van der Waals surface area contributed by atoms with E-state index in [4.69, 9.17) is 0 Å². The van der Waals surface area contributed by atoms with Crippen LogP contribution in [0.4, 0.5) is 0 Å². The summed E-state index contributed by atoms with van der Waals surface area (Å²) in [5.74, 6) is 0. The summed E-state index contributed by atoms with van der Waals surface area (Å²) in [6.07, 6.45) is 9.25. The van der Waals surface area contributed by atoms with E-state index >= 15 is 0 Å². The quantitative estimate of drug-likeness (QED) is 0.662. The highest BCUT2D eigenvalue weighted by molar-refractivity contribution is 7.88. The van der Waals surface area contributed by atoms with Gasteiger partial charge in [0.05, 0.1) is 6.26 Å². The molecule has 0 saturated carbocycles. The van der Waals surface area contributed by atoms with Crippen molar-refractivity contribution in [2.75, 3.05) is 6.26 Å². The third-order valence-corrected chi connectivity index (χ3v) is 1.80. The Bertz CT molecular complexity index is 288. The van der Waals surface area contributed by atoms with Crippen LogP contribution in [0.25, 0.3) is 0 Å². The Morgan fingerprint density at radius 3 is 2.73 bits per heavy atom. The van der Waals surface area contributed by atoms with Gasteiger partial charge in [0.1, 0.15) is 0 Å². The average Bonchev–Trinajstić information content (AvgIpc) is 1.85. The lowest BCUT2D eigenvalue weighted by Gasteiger charge is -2.08. The molecule has 0 unspecified atom stereocenters. The van der Waals surface area contributed by atoms with Crippen molar-refractivity contribution in [2.24, 2.45) is 0 Å². The summed E-state index contributed by atoms with van der Waals surface area (Å²) in [5.41, 5.74) is 0.648. The van der Waals surface area contributed by atoms with Crippen molar-refractivity contribution in [2.45, 2.75) is 6.42 Å². The average molecular weight is 172 g/mol. The third kappa shape index (κ3) is 3.23. The molecule has 4 heteroatoms. The van der Waals surface area contributed by atoms with Gasteiger partial charge in [0.2, 0.25) is 10.0 Å². The Balaban J connectivity index is 2.63. The van der Waals surface area contributed by atoms with Gasteiger partial charge in [0, 0.05) is 12.1 Å². The van der Waals surface area contributed by atoms with E-state index in [0.717, 1.165) is 12.7 Å². The zero-order chi connectivity index (χ0) is 8.32. The summed E-state index contributed by atoms with van der Waals surface area (Å²) in [6, 6.07) is 0. The molecule has 0 atom stereocenters. The van der Waals surface area contributed by atoms with Gasteiger partial charge in [-0.1, -0.05) is 12.2 Å². The molecule has 3 nitrogen and oxygen atoms in total. The highest BCUT2D eigenvalue weighted by atomic mass is 32.2. The van der Waals surface area contributed by atoms with Crippen LogP contribution in [-0.2, 0) is 10.0 Å². The molecule has 0 heterocycles. The molecule has 61 valence electrons. The molecule has 0 aliphatic heterocycles. The van der Waals surface area contributed by atoms with Crippen LogP contribution < -0.4 is 4.72 Å². The molecule has 0 aromatic rings. The normalized spacial score (nSPS) is 17.7. The monoisotopic (exact) mass is 172 g/mol. The number of sulfonamides is 1. The zero-order valence-corrected chi connectivity index (χ0v) is 7.06. The minimum Gasteiger partial charge on any atom is -0.287 e. The second-order valence-electron chi connectivity index (χ2n) is 2.36. The van der Waals surface area contributed by atoms with Crippen molar-refractivity contribution >= 4 is 10.0 Å². The molecule has 1 aliphatic rings. The lowest BCUT2D eigenvalue weighted by Crippen LogP contribution is -2.21. The van der Waals surface area contributed by atoms with E-state index in [1.807, 2.05) is 18.6 Å². The second kappa shape index (κ2) is 3.09. The molecule has 0 aromatic carbocycles. The topological polar surface area (TPSA) is 46.2 Å². The Morgan fingerprint density at radius 2 is 2.27 bits per heavy atom. The highest BCUT2D eigenvalue weighted by Crippen LogP contribution is 2.07. The smallest absolute Gasteiger partial charge is 0.229 e. The summed E-state index contributed by atoms with van der Waals surface area (Å²) in [7, 11) is -3.11. The van der Waals surface area contributed by atoms with Crippen molar-refractivity contribution < 1.29 is 8.42 Å². The molecule has 11 heavy (non-hydrogen) atoms. The molecule has 0 aromatic heterocycles. The molecular weight excluding hydrogens is 162 g/mol. The SMILES string of the molecule is CS(=O)(=O)NC1=CC=CC[CH]1. The highest BCUT2D eigenvalue weighted by Gasteiger charge is 2.04. The minimum absolute atomic E-state index is 0.648. The fraction of sp³-hybridized carbons (Fsp3) is 0.286. The second-order valence-corrected chi connectivity index (χ2v) is 4.11. The van der Waals surface area contributed by atoms with Crippen LogP contribution in [0.3, 0.4) is 0 Å². The fourth-order valence-corrected chi connectivity index (χ4v) is 1.38. The number of hydrogen-bond acceptors (Lipinski definition) is 2. The number of rotatable bonds is 2. The predicted molar refractivity (Wildman–Crippen MR) is 44.1 cm³/mol. The van der Waals surface area contributed by atoms with E-state index in [9.17, 15) is 8.42 Å². The van der Waals surface area contributed by atoms with Crippen LogP contribution in [0.1, 0.15) is 6.42 Å². The molecule has 0 fully saturated rings. The van der Waals surface area contributed by atoms with Gasteiger partial charge in [-0.05, 0) is 12.5 Å². The van der Waals surface area contributed by atoms with E-state index in [0.29, 0.717) is 5.70 Å². The third-order valence-electron chi connectivity index (χ3n) is 1.19. The van der Waals surface area contributed by atoms with E-state index in [1.54, 1.807) is 6.08 Å². The molecule has 1 rings (SSSR count). The van der Waals surface area contributed by atoms with Gasteiger partial charge in [-0.3, -0.25) is 4.72 Å². The van der Waals surface area contributed by atoms with Crippen LogP contribution in [0.5, 0.6) is 0 Å². The Kier molecular flexibility index (Phi) is 2.34. The molecule has 0 saturated heterocycles. The lowest BCUT2D eigenvalue weighted by atomic mass is 10.1. The summed E-state index contributed by atoms with van der Waals surface area (Å²) in [5, 5.41) is 0. The zero-order valence-electron chi connectivity index (χ0n) is 6.24.